The van der Waals surface area contributed by atoms with Gasteiger partial charge in [0.1, 0.15) is 10.7 Å². The lowest BCUT2D eigenvalue weighted by Crippen LogP contribution is -2.11. The standard InChI is InChI=1S/C20H18N4OS2/c1-9-16-10(2)21-18(12-4-5-12)24-20(16)27-17(9)19(25)23-13-6-7-14-15(8-13)26-11(3)22-14/h6-8,12H,4-5H2,1-3H3,(H,23,25). The molecule has 0 unspecified atom stereocenters. The molecule has 0 atom stereocenters. The lowest BCUT2D eigenvalue weighted by molar-refractivity contribution is 0.103. The summed E-state index contributed by atoms with van der Waals surface area (Å²) in [5.41, 5.74) is 3.68. The fraction of sp³-hybridized carbons (Fsp3) is 0.300. The van der Waals surface area contributed by atoms with E-state index in [0.29, 0.717) is 10.8 Å². The quantitative estimate of drug-likeness (QED) is 0.508. The number of anilines is 1. The number of benzene rings is 1. The highest BCUT2D eigenvalue weighted by molar-refractivity contribution is 7.20. The first-order chi connectivity index (χ1) is 13.0. The second kappa shape index (κ2) is 6.07. The van der Waals surface area contributed by atoms with Gasteiger partial charge in [0, 0.05) is 17.0 Å². The van der Waals surface area contributed by atoms with Crippen LogP contribution in [0, 0.1) is 20.8 Å². The molecule has 5 rings (SSSR count). The predicted octanol–water partition coefficient (Wildman–Crippen LogP) is 5.36. The van der Waals surface area contributed by atoms with Gasteiger partial charge in [-0.05, 0) is 57.4 Å². The molecular weight excluding hydrogens is 376 g/mol. The number of fused-ring (bicyclic) bond motifs is 2. The van der Waals surface area contributed by atoms with Gasteiger partial charge in [0.2, 0.25) is 0 Å². The van der Waals surface area contributed by atoms with Crippen LogP contribution in [-0.2, 0) is 0 Å². The number of nitrogens with one attached hydrogen (secondary N) is 1. The largest absolute Gasteiger partial charge is 0.321 e. The Kier molecular flexibility index (Phi) is 3.77. The molecule has 136 valence electrons. The molecule has 1 amide bonds. The molecule has 1 aromatic carbocycles. The summed E-state index contributed by atoms with van der Waals surface area (Å²) in [6.07, 6.45) is 2.34. The van der Waals surface area contributed by atoms with Crippen molar-refractivity contribution in [2.24, 2.45) is 0 Å². The molecule has 1 saturated carbocycles. The van der Waals surface area contributed by atoms with Crippen LogP contribution in [0.4, 0.5) is 5.69 Å². The molecule has 0 radical (unpaired) electrons. The van der Waals surface area contributed by atoms with Crippen LogP contribution in [0.5, 0.6) is 0 Å². The van der Waals surface area contributed by atoms with Gasteiger partial charge in [-0.1, -0.05) is 0 Å². The smallest absolute Gasteiger partial charge is 0.266 e. The number of hydrogen-bond donors (Lipinski definition) is 1. The van der Waals surface area contributed by atoms with Gasteiger partial charge in [-0.2, -0.15) is 0 Å². The van der Waals surface area contributed by atoms with E-state index in [9.17, 15) is 4.79 Å². The highest BCUT2D eigenvalue weighted by atomic mass is 32.1. The zero-order chi connectivity index (χ0) is 18.7. The third-order valence-electron chi connectivity index (χ3n) is 4.89. The SMILES string of the molecule is Cc1nc2ccc(NC(=O)c3sc4nc(C5CC5)nc(C)c4c3C)cc2s1. The monoisotopic (exact) mass is 394 g/mol. The first kappa shape index (κ1) is 16.8. The second-order valence-electron chi connectivity index (χ2n) is 7.05. The molecule has 1 aliphatic rings. The Bertz CT molecular complexity index is 1220. The van der Waals surface area contributed by atoms with Gasteiger partial charge in [-0.3, -0.25) is 4.79 Å². The molecule has 0 aliphatic heterocycles. The molecule has 0 saturated heterocycles. The maximum atomic E-state index is 12.9. The van der Waals surface area contributed by atoms with Crippen LogP contribution in [0.3, 0.4) is 0 Å². The Morgan fingerprint density at radius 2 is 1.93 bits per heavy atom. The molecule has 3 heterocycles. The van der Waals surface area contributed by atoms with Gasteiger partial charge in [-0.25, -0.2) is 15.0 Å². The van der Waals surface area contributed by atoms with Crippen LogP contribution in [0.25, 0.3) is 20.4 Å². The number of aromatic nitrogens is 3. The van der Waals surface area contributed by atoms with Crippen molar-refractivity contribution >= 4 is 54.7 Å². The number of thiophene rings is 1. The van der Waals surface area contributed by atoms with Crippen molar-refractivity contribution in [3.05, 3.63) is 45.2 Å². The summed E-state index contributed by atoms with van der Waals surface area (Å²) in [6, 6.07) is 5.83. The molecule has 1 aliphatic carbocycles. The van der Waals surface area contributed by atoms with Crippen LogP contribution in [0.15, 0.2) is 18.2 Å². The summed E-state index contributed by atoms with van der Waals surface area (Å²) < 4.78 is 1.08. The van der Waals surface area contributed by atoms with Gasteiger partial charge in [0.15, 0.2) is 0 Å². The summed E-state index contributed by atoms with van der Waals surface area (Å²) in [5.74, 6) is 1.34. The average molecular weight is 395 g/mol. The Balaban J connectivity index is 1.50. The highest BCUT2D eigenvalue weighted by Crippen LogP contribution is 2.40. The van der Waals surface area contributed by atoms with Crippen molar-refractivity contribution in [1.29, 1.82) is 0 Å². The summed E-state index contributed by atoms with van der Waals surface area (Å²) in [7, 11) is 0. The topological polar surface area (TPSA) is 67.8 Å². The van der Waals surface area contributed by atoms with Gasteiger partial charge in [0.05, 0.1) is 25.8 Å². The third kappa shape index (κ3) is 2.91. The number of aryl methyl sites for hydroxylation is 3. The molecule has 1 fully saturated rings. The van der Waals surface area contributed by atoms with E-state index >= 15 is 0 Å². The summed E-state index contributed by atoms with van der Waals surface area (Å²) in [4.78, 5) is 28.4. The van der Waals surface area contributed by atoms with E-state index < -0.39 is 0 Å². The molecule has 27 heavy (non-hydrogen) atoms. The average Bonchev–Trinajstić information content (AvgIpc) is 3.32. The van der Waals surface area contributed by atoms with Gasteiger partial charge >= 0.3 is 0 Å². The lowest BCUT2D eigenvalue weighted by atomic mass is 10.1. The first-order valence-corrected chi connectivity index (χ1v) is 10.6. The van der Waals surface area contributed by atoms with Crippen LogP contribution in [-0.4, -0.2) is 20.9 Å². The van der Waals surface area contributed by atoms with Crippen molar-refractivity contribution in [3.63, 3.8) is 0 Å². The van der Waals surface area contributed by atoms with E-state index in [1.807, 2.05) is 39.0 Å². The van der Waals surface area contributed by atoms with Crippen LogP contribution < -0.4 is 5.32 Å². The minimum Gasteiger partial charge on any atom is -0.321 e. The van der Waals surface area contributed by atoms with Crippen LogP contribution in [0.1, 0.15) is 50.5 Å². The van der Waals surface area contributed by atoms with Crippen molar-refractivity contribution in [2.75, 3.05) is 5.32 Å². The minimum atomic E-state index is -0.0940. The first-order valence-electron chi connectivity index (χ1n) is 8.96. The number of nitrogens with zero attached hydrogens (tertiary/aromatic N) is 3. The second-order valence-corrected chi connectivity index (χ2v) is 9.28. The van der Waals surface area contributed by atoms with Crippen LogP contribution >= 0.6 is 22.7 Å². The van der Waals surface area contributed by atoms with Crippen molar-refractivity contribution in [2.45, 2.75) is 39.5 Å². The molecular formula is C20H18N4OS2. The number of rotatable bonds is 3. The van der Waals surface area contributed by atoms with Gasteiger partial charge < -0.3 is 5.32 Å². The number of hydrogen-bond acceptors (Lipinski definition) is 6. The molecule has 0 bridgehead atoms. The van der Waals surface area contributed by atoms with E-state index in [1.54, 1.807) is 11.3 Å². The maximum Gasteiger partial charge on any atom is 0.266 e. The predicted molar refractivity (Wildman–Crippen MR) is 111 cm³/mol. The van der Waals surface area contributed by atoms with Crippen LogP contribution in [0.2, 0.25) is 0 Å². The van der Waals surface area contributed by atoms with Crippen molar-refractivity contribution in [3.8, 4) is 0 Å². The molecule has 1 N–H and O–H groups in total. The third-order valence-corrected chi connectivity index (χ3v) is 7.01. The fourth-order valence-electron chi connectivity index (χ4n) is 3.41. The maximum absolute atomic E-state index is 12.9. The van der Waals surface area contributed by atoms with Gasteiger partial charge in [0.25, 0.3) is 5.91 Å². The van der Waals surface area contributed by atoms with Crippen molar-refractivity contribution in [1.82, 2.24) is 15.0 Å². The van der Waals surface area contributed by atoms with E-state index in [-0.39, 0.29) is 5.91 Å². The number of thiazole rings is 1. The highest BCUT2D eigenvalue weighted by Gasteiger charge is 2.28. The Morgan fingerprint density at radius 3 is 2.70 bits per heavy atom. The zero-order valence-electron chi connectivity index (χ0n) is 15.3. The molecule has 3 aromatic heterocycles. The summed E-state index contributed by atoms with van der Waals surface area (Å²) in [5, 5.41) is 5.07. The number of carbonyl (C=O) groups is 1. The molecule has 4 aromatic rings. The summed E-state index contributed by atoms with van der Waals surface area (Å²) >= 11 is 3.09. The van der Waals surface area contributed by atoms with E-state index in [1.165, 1.54) is 24.2 Å². The minimum absolute atomic E-state index is 0.0940. The normalized spacial score (nSPS) is 14.2. The Morgan fingerprint density at radius 1 is 1.11 bits per heavy atom. The van der Waals surface area contributed by atoms with Gasteiger partial charge in [-0.15, -0.1) is 22.7 Å². The van der Waals surface area contributed by atoms with E-state index in [2.05, 4.69) is 15.3 Å². The zero-order valence-corrected chi connectivity index (χ0v) is 16.9. The molecule has 0 spiro atoms. The Hall–Kier alpha value is -2.38. The number of amides is 1. The van der Waals surface area contributed by atoms with E-state index in [0.717, 1.165) is 48.2 Å². The number of carbonyl (C=O) groups excluding carboxylic acids is 1. The molecule has 7 heteroatoms. The van der Waals surface area contributed by atoms with E-state index in [4.69, 9.17) is 4.98 Å². The van der Waals surface area contributed by atoms with Crippen molar-refractivity contribution < 1.29 is 4.79 Å². The Labute approximate surface area is 164 Å². The lowest BCUT2D eigenvalue weighted by Gasteiger charge is -2.04. The molecule has 5 nitrogen and oxygen atoms in total. The fourth-order valence-corrected chi connectivity index (χ4v) is 5.41. The summed E-state index contributed by atoms with van der Waals surface area (Å²) in [6.45, 7) is 5.98.